The van der Waals surface area contributed by atoms with Crippen LogP contribution in [-0.2, 0) is 11.3 Å². The molecule has 0 spiro atoms. The lowest BCUT2D eigenvalue weighted by Crippen LogP contribution is -2.20. The van der Waals surface area contributed by atoms with Gasteiger partial charge in [0.05, 0.1) is 11.9 Å². The maximum absolute atomic E-state index is 10.8. The number of carboxylic acid groups (broad SMARTS) is 1. The number of hydrogen-bond acceptors (Lipinski definition) is 5. The van der Waals surface area contributed by atoms with Crippen molar-refractivity contribution < 1.29 is 9.90 Å². The van der Waals surface area contributed by atoms with Gasteiger partial charge in [0, 0.05) is 23.7 Å². The summed E-state index contributed by atoms with van der Waals surface area (Å²) in [7, 11) is 0. The minimum absolute atomic E-state index is 0.380. The first-order valence-corrected chi connectivity index (χ1v) is 6.46. The number of aryl methyl sites for hydroxylation is 1. The zero-order chi connectivity index (χ0) is 13.1. The first-order valence-electron chi connectivity index (χ1n) is 5.58. The van der Waals surface area contributed by atoms with E-state index in [-0.39, 0.29) is 0 Å². The Morgan fingerprint density at radius 1 is 1.67 bits per heavy atom. The van der Waals surface area contributed by atoms with Crippen molar-refractivity contribution in [3.63, 3.8) is 0 Å². The van der Waals surface area contributed by atoms with E-state index in [1.165, 1.54) is 11.3 Å². The quantitative estimate of drug-likeness (QED) is 0.855. The van der Waals surface area contributed by atoms with Crippen molar-refractivity contribution in [3.8, 4) is 10.6 Å². The predicted molar refractivity (Wildman–Crippen MR) is 68.2 cm³/mol. The Labute approximate surface area is 108 Å². The molecule has 0 aliphatic heterocycles. The Hall–Kier alpha value is -1.73. The standard InChI is InChI=1S/C11H14N4O2S/c1-2-3-15-5-7(4-13-15)10-14-8(6-18-10)9(12)11(16)17/h4-6,9H,2-3,12H2,1H3,(H,16,17). The highest BCUT2D eigenvalue weighted by atomic mass is 32.1. The van der Waals surface area contributed by atoms with Crippen LogP contribution in [-0.4, -0.2) is 25.8 Å². The summed E-state index contributed by atoms with van der Waals surface area (Å²) in [5.74, 6) is -1.08. The van der Waals surface area contributed by atoms with Crippen molar-refractivity contribution in [2.75, 3.05) is 0 Å². The molecule has 0 amide bonds. The van der Waals surface area contributed by atoms with Gasteiger partial charge in [0.15, 0.2) is 0 Å². The van der Waals surface area contributed by atoms with Gasteiger partial charge in [0.1, 0.15) is 11.0 Å². The molecule has 0 bridgehead atoms. The largest absolute Gasteiger partial charge is 0.480 e. The number of aliphatic carboxylic acids is 1. The van der Waals surface area contributed by atoms with Gasteiger partial charge in [0.2, 0.25) is 0 Å². The van der Waals surface area contributed by atoms with Gasteiger partial charge >= 0.3 is 5.97 Å². The van der Waals surface area contributed by atoms with Gasteiger partial charge in [-0.15, -0.1) is 11.3 Å². The molecule has 2 rings (SSSR count). The summed E-state index contributed by atoms with van der Waals surface area (Å²) in [5.41, 5.74) is 6.77. The van der Waals surface area contributed by atoms with E-state index in [1.807, 2.05) is 10.9 Å². The number of nitrogens with two attached hydrogens (primary N) is 1. The Kier molecular flexibility index (Phi) is 3.73. The second-order valence-corrected chi connectivity index (χ2v) is 4.74. The fourth-order valence-corrected chi connectivity index (χ4v) is 2.34. The fourth-order valence-electron chi connectivity index (χ4n) is 1.51. The third kappa shape index (κ3) is 2.57. The molecule has 7 heteroatoms. The molecule has 3 N–H and O–H groups in total. The predicted octanol–water partition coefficient (Wildman–Crippen LogP) is 1.50. The van der Waals surface area contributed by atoms with Crippen molar-refractivity contribution in [2.24, 2.45) is 5.73 Å². The van der Waals surface area contributed by atoms with Crippen molar-refractivity contribution in [2.45, 2.75) is 25.9 Å². The molecule has 1 unspecified atom stereocenters. The highest BCUT2D eigenvalue weighted by Crippen LogP contribution is 2.25. The molecule has 0 radical (unpaired) electrons. The van der Waals surface area contributed by atoms with Gasteiger partial charge in [-0.1, -0.05) is 6.92 Å². The highest BCUT2D eigenvalue weighted by molar-refractivity contribution is 7.13. The third-order valence-corrected chi connectivity index (χ3v) is 3.35. The SMILES string of the molecule is CCCn1cc(-c2nc(C(N)C(=O)O)cs2)cn1. The van der Waals surface area contributed by atoms with E-state index in [9.17, 15) is 4.79 Å². The first-order chi connectivity index (χ1) is 8.61. The van der Waals surface area contributed by atoms with E-state index < -0.39 is 12.0 Å². The molecule has 0 saturated carbocycles. The molecule has 0 fully saturated rings. The minimum Gasteiger partial charge on any atom is -0.480 e. The molecular formula is C11H14N4O2S. The van der Waals surface area contributed by atoms with Crippen molar-refractivity contribution in [1.29, 1.82) is 0 Å². The smallest absolute Gasteiger partial charge is 0.326 e. The molecule has 96 valence electrons. The molecule has 2 aromatic heterocycles. The zero-order valence-corrected chi connectivity index (χ0v) is 10.7. The number of thiazole rings is 1. The average molecular weight is 266 g/mol. The van der Waals surface area contributed by atoms with Crippen LogP contribution in [0.15, 0.2) is 17.8 Å². The molecule has 0 saturated heterocycles. The van der Waals surface area contributed by atoms with Gasteiger partial charge < -0.3 is 10.8 Å². The van der Waals surface area contributed by atoms with Gasteiger partial charge in [-0.25, -0.2) is 4.98 Å². The minimum atomic E-state index is -1.08. The summed E-state index contributed by atoms with van der Waals surface area (Å²) < 4.78 is 1.84. The molecule has 1 atom stereocenters. The van der Waals surface area contributed by atoms with E-state index in [0.717, 1.165) is 23.5 Å². The van der Waals surface area contributed by atoms with E-state index in [2.05, 4.69) is 17.0 Å². The summed E-state index contributed by atoms with van der Waals surface area (Å²) in [6, 6.07) is -1.07. The second kappa shape index (κ2) is 5.28. The van der Waals surface area contributed by atoms with Crippen LogP contribution in [0.2, 0.25) is 0 Å². The summed E-state index contributed by atoms with van der Waals surface area (Å²) in [6.45, 7) is 2.93. The number of rotatable bonds is 5. The molecule has 0 aliphatic rings. The van der Waals surface area contributed by atoms with E-state index in [4.69, 9.17) is 10.8 Å². The lowest BCUT2D eigenvalue weighted by Gasteiger charge is -2.00. The monoisotopic (exact) mass is 266 g/mol. The van der Waals surface area contributed by atoms with E-state index in [1.54, 1.807) is 11.6 Å². The van der Waals surface area contributed by atoms with Crippen LogP contribution in [0.3, 0.4) is 0 Å². The Morgan fingerprint density at radius 3 is 3.11 bits per heavy atom. The maximum atomic E-state index is 10.8. The Bertz CT molecular complexity index is 549. The third-order valence-electron chi connectivity index (χ3n) is 2.44. The average Bonchev–Trinajstić information content (AvgIpc) is 2.96. The summed E-state index contributed by atoms with van der Waals surface area (Å²) in [4.78, 5) is 15.0. The first kappa shape index (κ1) is 12.7. The van der Waals surface area contributed by atoms with Crippen LogP contribution < -0.4 is 5.73 Å². The second-order valence-electron chi connectivity index (χ2n) is 3.89. The lowest BCUT2D eigenvalue weighted by molar-refractivity contribution is -0.138. The summed E-state index contributed by atoms with van der Waals surface area (Å²) >= 11 is 1.37. The number of carbonyl (C=O) groups is 1. The molecule has 0 aliphatic carbocycles. The number of hydrogen-bond donors (Lipinski definition) is 2. The van der Waals surface area contributed by atoms with Gasteiger partial charge in [-0.2, -0.15) is 5.10 Å². The summed E-state index contributed by atoms with van der Waals surface area (Å²) in [5, 5.41) is 15.4. The maximum Gasteiger partial charge on any atom is 0.326 e. The molecule has 2 heterocycles. The van der Waals surface area contributed by atoms with Gasteiger partial charge in [0.25, 0.3) is 0 Å². The number of aromatic nitrogens is 3. The van der Waals surface area contributed by atoms with Crippen LogP contribution in [0.25, 0.3) is 10.6 Å². The normalized spacial score (nSPS) is 12.6. The van der Waals surface area contributed by atoms with Crippen molar-refractivity contribution >= 4 is 17.3 Å². The molecule has 2 aromatic rings. The van der Waals surface area contributed by atoms with Crippen LogP contribution in [0.1, 0.15) is 25.1 Å². The lowest BCUT2D eigenvalue weighted by atomic mass is 10.2. The molecular weight excluding hydrogens is 252 g/mol. The topological polar surface area (TPSA) is 94.0 Å². The van der Waals surface area contributed by atoms with Crippen LogP contribution in [0.5, 0.6) is 0 Å². The van der Waals surface area contributed by atoms with Gasteiger partial charge in [-0.05, 0) is 6.42 Å². The molecule has 18 heavy (non-hydrogen) atoms. The van der Waals surface area contributed by atoms with Crippen molar-refractivity contribution in [3.05, 3.63) is 23.5 Å². The summed E-state index contributed by atoms with van der Waals surface area (Å²) in [6.07, 6.45) is 4.64. The fraction of sp³-hybridized carbons (Fsp3) is 0.364. The van der Waals surface area contributed by atoms with Crippen LogP contribution in [0, 0.1) is 0 Å². The van der Waals surface area contributed by atoms with Crippen LogP contribution >= 0.6 is 11.3 Å². The Balaban J connectivity index is 2.20. The van der Waals surface area contributed by atoms with Crippen LogP contribution in [0.4, 0.5) is 0 Å². The molecule has 0 aromatic carbocycles. The zero-order valence-electron chi connectivity index (χ0n) is 9.91. The number of nitrogens with zero attached hydrogens (tertiary/aromatic N) is 3. The van der Waals surface area contributed by atoms with E-state index in [0.29, 0.717) is 5.69 Å². The van der Waals surface area contributed by atoms with Gasteiger partial charge in [-0.3, -0.25) is 9.48 Å². The molecule has 6 nitrogen and oxygen atoms in total. The van der Waals surface area contributed by atoms with Crippen molar-refractivity contribution in [1.82, 2.24) is 14.8 Å². The number of carboxylic acids is 1. The highest BCUT2D eigenvalue weighted by Gasteiger charge is 2.18. The Morgan fingerprint density at radius 2 is 2.44 bits per heavy atom. The van der Waals surface area contributed by atoms with E-state index >= 15 is 0 Å².